The molecule has 0 atom stereocenters. The minimum atomic E-state index is -4.03. The normalized spacial score (nSPS) is 11.6. The van der Waals surface area contributed by atoms with Gasteiger partial charge in [-0.15, -0.1) is 0 Å². The Morgan fingerprint density at radius 3 is 2.41 bits per heavy atom. The SMILES string of the molecule is CN(CCOc1ccccc1)S(=O)(=O)c1ccc(F)cc1F. The highest BCUT2D eigenvalue weighted by molar-refractivity contribution is 7.89. The van der Waals surface area contributed by atoms with Gasteiger partial charge in [0.05, 0.1) is 0 Å². The largest absolute Gasteiger partial charge is 0.492 e. The van der Waals surface area contributed by atoms with Crippen LogP contribution in [0.25, 0.3) is 0 Å². The third kappa shape index (κ3) is 3.80. The molecule has 0 saturated heterocycles. The molecule has 2 rings (SSSR count). The second kappa shape index (κ2) is 6.85. The summed E-state index contributed by atoms with van der Waals surface area (Å²) >= 11 is 0. The summed E-state index contributed by atoms with van der Waals surface area (Å²) in [4.78, 5) is -0.559. The van der Waals surface area contributed by atoms with E-state index in [1.54, 1.807) is 24.3 Å². The minimum Gasteiger partial charge on any atom is -0.492 e. The lowest BCUT2D eigenvalue weighted by Crippen LogP contribution is -2.31. The molecule has 0 aliphatic heterocycles. The molecule has 0 amide bonds. The summed E-state index contributed by atoms with van der Waals surface area (Å²) in [5.74, 6) is -1.33. The Balaban J connectivity index is 2.03. The third-order valence-corrected chi connectivity index (χ3v) is 4.89. The van der Waals surface area contributed by atoms with E-state index in [4.69, 9.17) is 4.74 Å². The molecule has 0 bridgehead atoms. The van der Waals surface area contributed by atoms with Gasteiger partial charge in [0.15, 0.2) is 0 Å². The summed E-state index contributed by atoms with van der Waals surface area (Å²) in [5.41, 5.74) is 0. The number of sulfonamides is 1. The van der Waals surface area contributed by atoms with Crippen LogP contribution >= 0.6 is 0 Å². The number of halogens is 2. The number of benzene rings is 2. The third-order valence-electron chi connectivity index (χ3n) is 3.00. The Morgan fingerprint density at radius 2 is 1.77 bits per heavy atom. The van der Waals surface area contributed by atoms with Gasteiger partial charge in [-0.2, -0.15) is 4.31 Å². The van der Waals surface area contributed by atoms with Crippen molar-refractivity contribution in [1.82, 2.24) is 4.31 Å². The Hall–Kier alpha value is -1.99. The van der Waals surface area contributed by atoms with Crippen LogP contribution in [0.15, 0.2) is 53.4 Å². The fourth-order valence-corrected chi connectivity index (χ4v) is 2.98. The van der Waals surface area contributed by atoms with Gasteiger partial charge in [0.1, 0.15) is 28.9 Å². The van der Waals surface area contributed by atoms with E-state index in [0.29, 0.717) is 11.8 Å². The number of likely N-dealkylation sites (N-methyl/N-ethyl adjacent to an activating group) is 1. The monoisotopic (exact) mass is 327 g/mol. The number of rotatable bonds is 6. The molecule has 0 heterocycles. The first-order valence-corrected chi connectivity index (χ1v) is 7.94. The van der Waals surface area contributed by atoms with Crippen LogP contribution < -0.4 is 4.74 Å². The predicted molar refractivity (Wildman–Crippen MR) is 78.1 cm³/mol. The zero-order chi connectivity index (χ0) is 16.2. The second-order valence-electron chi connectivity index (χ2n) is 4.56. The highest BCUT2D eigenvalue weighted by Crippen LogP contribution is 2.19. The first kappa shape index (κ1) is 16.4. The van der Waals surface area contributed by atoms with Crippen molar-refractivity contribution in [2.45, 2.75) is 4.90 Å². The maximum atomic E-state index is 13.6. The highest BCUT2D eigenvalue weighted by Gasteiger charge is 2.24. The van der Waals surface area contributed by atoms with Crippen molar-refractivity contribution in [1.29, 1.82) is 0 Å². The van der Waals surface area contributed by atoms with Crippen LogP contribution in [0.2, 0.25) is 0 Å². The standard InChI is InChI=1S/C15H15F2NO3S/c1-18(9-10-21-13-5-3-2-4-6-13)22(19,20)15-8-7-12(16)11-14(15)17/h2-8,11H,9-10H2,1H3. The van der Waals surface area contributed by atoms with E-state index in [0.717, 1.165) is 16.4 Å². The molecule has 2 aromatic carbocycles. The van der Waals surface area contributed by atoms with Gasteiger partial charge in [-0.25, -0.2) is 17.2 Å². The molecule has 0 fully saturated rings. The molecular weight excluding hydrogens is 312 g/mol. The zero-order valence-corrected chi connectivity index (χ0v) is 12.7. The molecule has 4 nitrogen and oxygen atoms in total. The molecule has 0 unspecified atom stereocenters. The molecule has 0 aliphatic rings. The van der Waals surface area contributed by atoms with Gasteiger partial charge in [0, 0.05) is 19.7 Å². The van der Waals surface area contributed by atoms with E-state index in [1.807, 2.05) is 6.07 Å². The quantitative estimate of drug-likeness (QED) is 0.819. The molecular formula is C15H15F2NO3S. The average Bonchev–Trinajstić information content (AvgIpc) is 2.47. The van der Waals surface area contributed by atoms with Gasteiger partial charge in [-0.1, -0.05) is 18.2 Å². The van der Waals surface area contributed by atoms with Crippen LogP contribution in [-0.2, 0) is 10.0 Å². The lowest BCUT2D eigenvalue weighted by molar-refractivity contribution is 0.286. The van der Waals surface area contributed by atoms with Crippen LogP contribution in [0, 0.1) is 11.6 Å². The molecule has 0 aliphatic carbocycles. The fourth-order valence-electron chi connectivity index (χ4n) is 1.78. The highest BCUT2D eigenvalue weighted by atomic mass is 32.2. The van der Waals surface area contributed by atoms with E-state index in [9.17, 15) is 17.2 Å². The van der Waals surface area contributed by atoms with Crippen molar-refractivity contribution in [3.05, 3.63) is 60.2 Å². The molecule has 2 aromatic rings. The molecule has 0 saturated carbocycles. The van der Waals surface area contributed by atoms with Crippen LogP contribution in [0.1, 0.15) is 0 Å². The molecule has 0 spiro atoms. The molecule has 118 valence electrons. The van der Waals surface area contributed by atoms with Gasteiger partial charge in [0.2, 0.25) is 10.0 Å². The predicted octanol–water partition coefficient (Wildman–Crippen LogP) is 2.66. The Kier molecular flexibility index (Phi) is 5.10. The van der Waals surface area contributed by atoms with E-state index in [2.05, 4.69) is 0 Å². The first-order chi connectivity index (χ1) is 10.4. The van der Waals surface area contributed by atoms with Crippen LogP contribution in [-0.4, -0.2) is 32.9 Å². The summed E-state index contributed by atoms with van der Waals surface area (Å²) in [6, 6.07) is 11.3. The number of ether oxygens (including phenoxy) is 1. The Bertz CT molecular complexity index is 736. The maximum absolute atomic E-state index is 13.6. The number of nitrogens with zero attached hydrogens (tertiary/aromatic N) is 1. The number of hydrogen-bond acceptors (Lipinski definition) is 3. The lowest BCUT2D eigenvalue weighted by Gasteiger charge is -2.17. The number of hydrogen-bond donors (Lipinski definition) is 0. The van der Waals surface area contributed by atoms with Gasteiger partial charge in [-0.3, -0.25) is 0 Å². The second-order valence-corrected chi connectivity index (χ2v) is 6.58. The molecule has 0 aromatic heterocycles. The summed E-state index contributed by atoms with van der Waals surface area (Å²) < 4.78 is 57.3. The van der Waals surface area contributed by atoms with Crippen LogP contribution in [0.5, 0.6) is 5.75 Å². The van der Waals surface area contributed by atoms with Gasteiger partial charge >= 0.3 is 0 Å². The molecule has 0 N–H and O–H groups in total. The van der Waals surface area contributed by atoms with Crippen molar-refractivity contribution >= 4 is 10.0 Å². The van der Waals surface area contributed by atoms with Crippen molar-refractivity contribution in [3.8, 4) is 5.75 Å². The van der Waals surface area contributed by atoms with Gasteiger partial charge in [-0.05, 0) is 24.3 Å². The van der Waals surface area contributed by atoms with E-state index < -0.39 is 26.6 Å². The smallest absolute Gasteiger partial charge is 0.245 e. The zero-order valence-electron chi connectivity index (χ0n) is 11.9. The summed E-state index contributed by atoms with van der Waals surface area (Å²) in [5, 5.41) is 0. The molecule has 22 heavy (non-hydrogen) atoms. The average molecular weight is 327 g/mol. The molecule has 0 radical (unpaired) electrons. The Morgan fingerprint density at radius 1 is 1.09 bits per heavy atom. The van der Waals surface area contributed by atoms with Crippen molar-refractivity contribution in [2.75, 3.05) is 20.2 Å². The van der Waals surface area contributed by atoms with E-state index in [1.165, 1.54) is 7.05 Å². The molecule has 7 heteroatoms. The lowest BCUT2D eigenvalue weighted by atomic mass is 10.3. The van der Waals surface area contributed by atoms with Crippen molar-refractivity contribution in [3.63, 3.8) is 0 Å². The van der Waals surface area contributed by atoms with Crippen molar-refractivity contribution < 1.29 is 21.9 Å². The maximum Gasteiger partial charge on any atom is 0.245 e. The van der Waals surface area contributed by atoms with Crippen molar-refractivity contribution in [2.24, 2.45) is 0 Å². The summed E-state index contributed by atoms with van der Waals surface area (Å²) in [6.45, 7) is 0.149. The van der Waals surface area contributed by atoms with E-state index >= 15 is 0 Å². The summed E-state index contributed by atoms with van der Waals surface area (Å²) in [7, 11) is -2.72. The fraction of sp³-hybridized carbons (Fsp3) is 0.200. The Labute approximate surface area is 128 Å². The van der Waals surface area contributed by atoms with Gasteiger partial charge < -0.3 is 4.74 Å². The van der Waals surface area contributed by atoms with Gasteiger partial charge in [0.25, 0.3) is 0 Å². The van der Waals surface area contributed by atoms with E-state index in [-0.39, 0.29) is 13.2 Å². The first-order valence-electron chi connectivity index (χ1n) is 6.50. The van der Waals surface area contributed by atoms with Crippen LogP contribution in [0.3, 0.4) is 0 Å². The topological polar surface area (TPSA) is 46.6 Å². The van der Waals surface area contributed by atoms with Crippen LogP contribution in [0.4, 0.5) is 8.78 Å². The minimum absolute atomic E-state index is 0.0358. The summed E-state index contributed by atoms with van der Waals surface area (Å²) in [6.07, 6.45) is 0. The number of para-hydroxylation sites is 1.